The Morgan fingerprint density at radius 2 is 1.96 bits per heavy atom. The summed E-state index contributed by atoms with van der Waals surface area (Å²) in [5.41, 5.74) is 0.991. The van der Waals surface area contributed by atoms with Gasteiger partial charge >= 0.3 is 0 Å². The van der Waals surface area contributed by atoms with Crippen LogP contribution in [0.25, 0.3) is 0 Å². The molecular formula is C21H30N2O3. The maximum atomic E-state index is 12.3. The summed E-state index contributed by atoms with van der Waals surface area (Å²) in [6.45, 7) is 4.77. The van der Waals surface area contributed by atoms with Gasteiger partial charge in [0.2, 0.25) is 11.8 Å². The molecule has 2 heterocycles. The third-order valence-corrected chi connectivity index (χ3v) is 5.73. The molecule has 142 valence electrons. The molecule has 0 aliphatic carbocycles. The number of benzene rings is 1. The third-order valence-electron chi connectivity index (χ3n) is 5.73. The van der Waals surface area contributed by atoms with Gasteiger partial charge in [-0.15, -0.1) is 0 Å². The normalized spacial score (nSPS) is 22.2. The number of nitrogens with zero attached hydrogens (tertiary/aromatic N) is 1. The van der Waals surface area contributed by atoms with Crippen LogP contribution in [0.4, 0.5) is 0 Å². The second-order valence-electron chi connectivity index (χ2n) is 7.59. The minimum Gasteiger partial charge on any atom is -0.375 e. The molecule has 2 fully saturated rings. The zero-order chi connectivity index (χ0) is 18.4. The summed E-state index contributed by atoms with van der Waals surface area (Å²) in [7, 11) is 0. The molecule has 2 saturated heterocycles. The lowest BCUT2D eigenvalue weighted by Gasteiger charge is -2.46. The van der Waals surface area contributed by atoms with Gasteiger partial charge < -0.3 is 15.0 Å². The van der Waals surface area contributed by atoms with Crippen LogP contribution in [0.5, 0.6) is 0 Å². The van der Waals surface area contributed by atoms with Gasteiger partial charge in [0.25, 0.3) is 0 Å². The number of hydrogen-bond acceptors (Lipinski definition) is 3. The predicted molar refractivity (Wildman–Crippen MR) is 100 cm³/mol. The summed E-state index contributed by atoms with van der Waals surface area (Å²) < 4.78 is 6.14. The highest BCUT2D eigenvalue weighted by Gasteiger charge is 2.41. The maximum absolute atomic E-state index is 12.3. The van der Waals surface area contributed by atoms with Gasteiger partial charge in [0.15, 0.2) is 0 Å². The molecule has 5 nitrogen and oxygen atoms in total. The summed E-state index contributed by atoms with van der Waals surface area (Å²) in [6, 6.07) is 10.00. The van der Waals surface area contributed by atoms with Crippen molar-refractivity contribution in [3.63, 3.8) is 0 Å². The average molecular weight is 358 g/mol. The Hall–Kier alpha value is -1.88. The standard InChI is InChI=1S/C21H30N2O3/c1-2-20(25)23-11-9-21(10-12-23)15-18(8-13-26-21)14-19(24)22-16-17-6-4-3-5-7-17/h3-7,18H,2,8-16H2,1H3,(H,22,24). The van der Waals surface area contributed by atoms with Crippen molar-refractivity contribution in [3.05, 3.63) is 35.9 Å². The van der Waals surface area contributed by atoms with Gasteiger partial charge in [-0.1, -0.05) is 37.3 Å². The summed E-state index contributed by atoms with van der Waals surface area (Å²) in [5, 5.41) is 3.03. The minimum absolute atomic E-state index is 0.120. The number of carbonyl (C=O) groups is 2. The zero-order valence-corrected chi connectivity index (χ0v) is 15.7. The van der Waals surface area contributed by atoms with Crippen LogP contribution in [0.3, 0.4) is 0 Å². The predicted octanol–water partition coefficient (Wildman–Crippen LogP) is 2.89. The van der Waals surface area contributed by atoms with Crippen LogP contribution in [0.1, 0.15) is 51.0 Å². The summed E-state index contributed by atoms with van der Waals surface area (Å²) in [5.74, 6) is 0.718. The van der Waals surface area contributed by atoms with E-state index in [2.05, 4.69) is 5.32 Å². The van der Waals surface area contributed by atoms with Gasteiger partial charge in [0.1, 0.15) is 0 Å². The van der Waals surface area contributed by atoms with Crippen LogP contribution in [0, 0.1) is 5.92 Å². The van der Waals surface area contributed by atoms with Crippen molar-refractivity contribution in [2.75, 3.05) is 19.7 Å². The molecule has 3 rings (SSSR count). The van der Waals surface area contributed by atoms with E-state index in [1.807, 2.05) is 42.2 Å². The second kappa shape index (κ2) is 8.67. The van der Waals surface area contributed by atoms with Crippen molar-refractivity contribution in [1.82, 2.24) is 10.2 Å². The Morgan fingerprint density at radius 1 is 1.23 bits per heavy atom. The monoisotopic (exact) mass is 358 g/mol. The van der Waals surface area contributed by atoms with E-state index in [0.717, 1.165) is 50.9 Å². The Kier molecular flexibility index (Phi) is 6.30. The summed E-state index contributed by atoms with van der Waals surface area (Å²) in [6.07, 6.45) is 4.79. The number of amides is 2. The first-order valence-electron chi connectivity index (χ1n) is 9.82. The number of nitrogens with one attached hydrogen (secondary N) is 1. The lowest BCUT2D eigenvalue weighted by Crippen LogP contribution is -2.51. The van der Waals surface area contributed by atoms with Crippen LogP contribution in [-0.2, 0) is 20.9 Å². The molecule has 1 aromatic rings. The second-order valence-corrected chi connectivity index (χ2v) is 7.59. The van der Waals surface area contributed by atoms with Gasteiger partial charge in [-0.2, -0.15) is 0 Å². The van der Waals surface area contributed by atoms with Gasteiger partial charge in [-0.05, 0) is 37.2 Å². The van der Waals surface area contributed by atoms with E-state index in [1.165, 1.54) is 0 Å². The smallest absolute Gasteiger partial charge is 0.222 e. The van der Waals surface area contributed by atoms with E-state index in [1.54, 1.807) is 0 Å². The fraction of sp³-hybridized carbons (Fsp3) is 0.619. The number of carbonyl (C=O) groups excluding carboxylic acids is 2. The molecule has 1 aromatic carbocycles. The third kappa shape index (κ3) is 4.85. The van der Waals surface area contributed by atoms with E-state index < -0.39 is 0 Å². The molecular weight excluding hydrogens is 328 g/mol. The fourth-order valence-electron chi connectivity index (χ4n) is 4.17. The lowest BCUT2D eigenvalue weighted by molar-refractivity contribution is -0.148. The van der Waals surface area contributed by atoms with Crippen molar-refractivity contribution in [1.29, 1.82) is 0 Å². The van der Waals surface area contributed by atoms with Gasteiger partial charge in [0, 0.05) is 39.1 Å². The first-order valence-corrected chi connectivity index (χ1v) is 9.82. The average Bonchev–Trinajstić information content (AvgIpc) is 2.67. The van der Waals surface area contributed by atoms with Crippen molar-refractivity contribution in [2.24, 2.45) is 5.92 Å². The van der Waals surface area contributed by atoms with E-state index in [9.17, 15) is 9.59 Å². The number of rotatable bonds is 5. The molecule has 0 aromatic heterocycles. The molecule has 5 heteroatoms. The van der Waals surface area contributed by atoms with Gasteiger partial charge in [-0.3, -0.25) is 9.59 Å². The van der Waals surface area contributed by atoms with E-state index in [0.29, 0.717) is 25.3 Å². The van der Waals surface area contributed by atoms with E-state index in [-0.39, 0.29) is 17.4 Å². The SMILES string of the molecule is CCC(=O)N1CCC2(CC1)CC(CC(=O)NCc1ccccc1)CCO2. The number of hydrogen-bond donors (Lipinski definition) is 1. The molecule has 1 atom stereocenters. The lowest BCUT2D eigenvalue weighted by atomic mass is 9.78. The molecule has 26 heavy (non-hydrogen) atoms. The zero-order valence-electron chi connectivity index (χ0n) is 15.7. The molecule has 0 saturated carbocycles. The van der Waals surface area contributed by atoms with Gasteiger partial charge in [-0.25, -0.2) is 0 Å². The minimum atomic E-state index is -0.132. The van der Waals surface area contributed by atoms with Crippen LogP contribution in [-0.4, -0.2) is 42.0 Å². The number of piperidine rings is 1. The molecule has 2 aliphatic heterocycles. The van der Waals surface area contributed by atoms with E-state index in [4.69, 9.17) is 4.74 Å². The Morgan fingerprint density at radius 3 is 2.65 bits per heavy atom. The molecule has 2 aliphatic rings. The first kappa shape index (κ1) is 18.9. The quantitative estimate of drug-likeness (QED) is 0.880. The topological polar surface area (TPSA) is 58.6 Å². The molecule has 0 radical (unpaired) electrons. The molecule has 2 amide bonds. The Labute approximate surface area is 156 Å². The number of ether oxygens (including phenoxy) is 1. The maximum Gasteiger partial charge on any atom is 0.222 e. The molecule has 1 spiro atoms. The summed E-state index contributed by atoms with van der Waals surface area (Å²) in [4.78, 5) is 26.1. The van der Waals surface area contributed by atoms with Crippen LogP contribution >= 0.6 is 0 Å². The first-order chi connectivity index (χ1) is 12.6. The highest BCUT2D eigenvalue weighted by molar-refractivity contribution is 5.76. The highest BCUT2D eigenvalue weighted by atomic mass is 16.5. The van der Waals surface area contributed by atoms with E-state index >= 15 is 0 Å². The fourth-order valence-corrected chi connectivity index (χ4v) is 4.17. The molecule has 0 bridgehead atoms. The number of likely N-dealkylation sites (tertiary alicyclic amines) is 1. The Bertz CT molecular complexity index is 609. The van der Waals surface area contributed by atoms with Crippen LogP contribution < -0.4 is 5.32 Å². The van der Waals surface area contributed by atoms with Crippen molar-refractivity contribution in [2.45, 2.75) is 57.6 Å². The molecule has 1 unspecified atom stereocenters. The Balaban J connectivity index is 1.46. The van der Waals surface area contributed by atoms with Crippen molar-refractivity contribution < 1.29 is 14.3 Å². The van der Waals surface area contributed by atoms with Crippen molar-refractivity contribution >= 4 is 11.8 Å². The molecule has 1 N–H and O–H groups in total. The largest absolute Gasteiger partial charge is 0.375 e. The summed E-state index contributed by atoms with van der Waals surface area (Å²) >= 11 is 0. The van der Waals surface area contributed by atoms with Crippen LogP contribution in [0.15, 0.2) is 30.3 Å². The highest BCUT2D eigenvalue weighted by Crippen LogP contribution is 2.38. The van der Waals surface area contributed by atoms with Crippen molar-refractivity contribution in [3.8, 4) is 0 Å². The van der Waals surface area contributed by atoms with Crippen LogP contribution in [0.2, 0.25) is 0 Å². The van der Waals surface area contributed by atoms with Gasteiger partial charge in [0.05, 0.1) is 5.60 Å².